The van der Waals surface area contributed by atoms with E-state index in [9.17, 15) is 13.2 Å². The monoisotopic (exact) mass is 425 g/mol. The molecule has 0 bridgehead atoms. The van der Waals surface area contributed by atoms with Crippen LogP contribution in [0.5, 0.6) is 11.5 Å². The summed E-state index contributed by atoms with van der Waals surface area (Å²) in [5.41, 5.74) is 2.20. The van der Waals surface area contributed by atoms with Crippen molar-refractivity contribution in [1.29, 1.82) is 0 Å². The first-order valence-electron chi connectivity index (χ1n) is 9.36. The zero-order chi connectivity index (χ0) is 21.6. The van der Waals surface area contributed by atoms with Gasteiger partial charge in [-0.3, -0.25) is 4.79 Å². The van der Waals surface area contributed by atoms with E-state index in [0.717, 1.165) is 16.9 Å². The van der Waals surface area contributed by atoms with Crippen molar-refractivity contribution in [2.45, 2.75) is 19.5 Å². The van der Waals surface area contributed by atoms with Crippen LogP contribution in [0.15, 0.2) is 78.9 Å². The summed E-state index contributed by atoms with van der Waals surface area (Å²) < 4.78 is 31.8. The van der Waals surface area contributed by atoms with Crippen LogP contribution < -0.4 is 4.74 Å². The van der Waals surface area contributed by atoms with Crippen molar-refractivity contribution in [2.24, 2.45) is 0 Å². The third-order valence-electron chi connectivity index (χ3n) is 4.44. The summed E-state index contributed by atoms with van der Waals surface area (Å²) in [5, 5.41) is 8.96. The third kappa shape index (κ3) is 6.43. The molecule has 0 saturated heterocycles. The Balaban J connectivity index is 1.72. The fourth-order valence-corrected chi connectivity index (χ4v) is 3.76. The van der Waals surface area contributed by atoms with Crippen LogP contribution in [-0.4, -0.2) is 30.1 Å². The Morgan fingerprint density at radius 1 is 0.833 bits per heavy atom. The maximum absolute atomic E-state index is 12.3. The van der Waals surface area contributed by atoms with Crippen LogP contribution in [0.2, 0.25) is 0 Å². The number of para-hydroxylation sites is 1. The molecule has 0 saturated carbocycles. The normalized spacial score (nSPS) is 11.4. The molecule has 156 valence electrons. The van der Waals surface area contributed by atoms with Gasteiger partial charge in [0.15, 0.2) is 0 Å². The number of carboxylic acid groups (broad SMARTS) is 1. The first-order valence-corrected chi connectivity index (χ1v) is 11.2. The van der Waals surface area contributed by atoms with Crippen LogP contribution in [-0.2, 0) is 34.3 Å². The number of hydrogen-bond acceptors (Lipinski definition) is 4. The SMILES string of the molecule is CS(=O)(=O)N(Cc1ccc(Oc2ccccc2)cc1)Cc1cccc(CC(=O)O)c1. The van der Waals surface area contributed by atoms with E-state index in [1.54, 1.807) is 36.4 Å². The van der Waals surface area contributed by atoms with Crippen molar-refractivity contribution in [3.05, 3.63) is 95.6 Å². The molecular weight excluding hydrogens is 402 g/mol. The Morgan fingerprint density at radius 3 is 2.07 bits per heavy atom. The molecule has 6 nitrogen and oxygen atoms in total. The summed E-state index contributed by atoms with van der Waals surface area (Å²) in [6.45, 7) is 0.363. The molecule has 0 aliphatic rings. The topological polar surface area (TPSA) is 83.9 Å². The molecular formula is C23H23NO5S. The average Bonchev–Trinajstić information content (AvgIpc) is 2.69. The number of ether oxygens (including phenoxy) is 1. The van der Waals surface area contributed by atoms with Crippen molar-refractivity contribution in [1.82, 2.24) is 4.31 Å². The average molecular weight is 426 g/mol. The van der Waals surface area contributed by atoms with E-state index in [-0.39, 0.29) is 19.5 Å². The second-order valence-corrected chi connectivity index (χ2v) is 8.96. The van der Waals surface area contributed by atoms with Crippen LogP contribution in [0.3, 0.4) is 0 Å². The number of sulfonamides is 1. The molecule has 0 aromatic heterocycles. The smallest absolute Gasteiger partial charge is 0.307 e. The van der Waals surface area contributed by atoms with Crippen molar-refractivity contribution in [3.8, 4) is 11.5 Å². The highest BCUT2D eigenvalue weighted by molar-refractivity contribution is 7.88. The van der Waals surface area contributed by atoms with Gasteiger partial charge in [0.05, 0.1) is 12.7 Å². The molecule has 3 aromatic rings. The zero-order valence-corrected chi connectivity index (χ0v) is 17.4. The predicted molar refractivity (Wildman–Crippen MR) is 115 cm³/mol. The summed E-state index contributed by atoms with van der Waals surface area (Å²) in [6.07, 6.45) is 1.07. The van der Waals surface area contributed by atoms with Gasteiger partial charge < -0.3 is 9.84 Å². The van der Waals surface area contributed by atoms with E-state index < -0.39 is 16.0 Å². The first kappa shape index (κ1) is 21.5. The lowest BCUT2D eigenvalue weighted by atomic mass is 10.1. The van der Waals surface area contributed by atoms with E-state index in [1.807, 2.05) is 42.5 Å². The Kier molecular flexibility index (Phi) is 6.87. The summed E-state index contributed by atoms with van der Waals surface area (Å²) in [5.74, 6) is 0.464. The lowest BCUT2D eigenvalue weighted by Gasteiger charge is -2.20. The quantitative estimate of drug-likeness (QED) is 0.559. The molecule has 30 heavy (non-hydrogen) atoms. The molecule has 1 N–H and O–H groups in total. The highest BCUT2D eigenvalue weighted by Gasteiger charge is 2.18. The lowest BCUT2D eigenvalue weighted by molar-refractivity contribution is -0.136. The van der Waals surface area contributed by atoms with Crippen molar-refractivity contribution in [2.75, 3.05) is 6.26 Å². The molecule has 0 aliphatic carbocycles. The summed E-state index contributed by atoms with van der Waals surface area (Å²) >= 11 is 0. The maximum atomic E-state index is 12.3. The highest BCUT2D eigenvalue weighted by atomic mass is 32.2. The number of rotatable bonds is 9. The second kappa shape index (κ2) is 9.56. The fourth-order valence-electron chi connectivity index (χ4n) is 3.00. The molecule has 0 unspecified atom stereocenters. The summed E-state index contributed by atoms with van der Waals surface area (Å²) in [4.78, 5) is 10.9. The van der Waals surface area contributed by atoms with Crippen molar-refractivity contribution < 1.29 is 23.1 Å². The second-order valence-electron chi connectivity index (χ2n) is 6.98. The van der Waals surface area contributed by atoms with Gasteiger partial charge in [0.2, 0.25) is 10.0 Å². The molecule has 0 radical (unpaired) electrons. The number of hydrogen-bond donors (Lipinski definition) is 1. The molecule has 3 aromatic carbocycles. The van der Waals surface area contributed by atoms with Crippen LogP contribution >= 0.6 is 0 Å². The predicted octanol–water partition coefficient (Wildman–Crippen LogP) is 4.07. The molecule has 3 rings (SSSR count). The van der Waals surface area contributed by atoms with Gasteiger partial charge in [-0.2, -0.15) is 4.31 Å². The number of carboxylic acids is 1. The summed E-state index contributed by atoms with van der Waals surface area (Å²) in [7, 11) is -3.47. The van der Waals surface area contributed by atoms with Crippen molar-refractivity contribution >= 4 is 16.0 Å². The first-order chi connectivity index (χ1) is 14.3. The van der Waals surface area contributed by atoms with Gasteiger partial charge in [-0.1, -0.05) is 54.6 Å². The molecule has 0 aliphatic heterocycles. The fraction of sp³-hybridized carbons (Fsp3) is 0.174. The van der Waals surface area contributed by atoms with Crippen LogP contribution in [0.1, 0.15) is 16.7 Å². The standard InChI is InChI=1S/C23H23NO5S/c1-30(27,28)24(17-20-7-5-6-19(14-20)15-23(25)26)16-18-10-12-22(13-11-18)29-21-8-3-2-4-9-21/h2-14H,15-17H2,1H3,(H,25,26). The molecule has 0 spiro atoms. The maximum Gasteiger partial charge on any atom is 0.307 e. The molecule has 0 heterocycles. The Hall–Kier alpha value is -3.16. The van der Waals surface area contributed by atoms with E-state index in [0.29, 0.717) is 11.3 Å². The summed E-state index contributed by atoms with van der Waals surface area (Å²) in [6, 6.07) is 23.6. The van der Waals surface area contributed by atoms with Crippen LogP contribution in [0, 0.1) is 0 Å². The largest absolute Gasteiger partial charge is 0.481 e. The minimum atomic E-state index is -3.47. The zero-order valence-electron chi connectivity index (χ0n) is 16.6. The Labute approximate surface area is 176 Å². The third-order valence-corrected chi connectivity index (χ3v) is 5.63. The minimum absolute atomic E-state index is 0.102. The highest BCUT2D eigenvalue weighted by Crippen LogP contribution is 2.22. The van der Waals surface area contributed by atoms with Crippen molar-refractivity contribution in [3.63, 3.8) is 0 Å². The number of benzene rings is 3. The van der Waals surface area contributed by atoms with Gasteiger partial charge in [0, 0.05) is 13.1 Å². The van der Waals surface area contributed by atoms with E-state index >= 15 is 0 Å². The van der Waals surface area contributed by atoms with Crippen LogP contribution in [0.25, 0.3) is 0 Å². The Morgan fingerprint density at radius 2 is 1.43 bits per heavy atom. The Bertz CT molecular complexity index is 1100. The van der Waals surface area contributed by atoms with Gasteiger partial charge in [0.1, 0.15) is 11.5 Å². The van der Waals surface area contributed by atoms with Gasteiger partial charge >= 0.3 is 5.97 Å². The van der Waals surface area contributed by atoms with Gasteiger partial charge in [0.25, 0.3) is 0 Å². The molecule has 7 heteroatoms. The molecule has 0 amide bonds. The lowest BCUT2D eigenvalue weighted by Crippen LogP contribution is -2.29. The van der Waals surface area contributed by atoms with E-state index in [4.69, 9.17) is 9.84 Å². The van der Waals surface area contributed by atoms with Gasteiger partial charge in [-0.25, -0.2) is 8.42 Å². The number of nitrogens with zero attached hydrogens (tertiary/aromatic N) is 1. The van der Waals surface area contributed by atoms with Gasteiger partial charge in [-0.05, 0) is 41.0 Å². The van der Waals surface area contributed by atoms with Gasteiger partial charge in [-0.15, -0.1) is 0 Å². The minimum Gasteiger partial charge on any atom is -0.481 e. The molecule has 0 fully saturated rings. The molecule has 0 atom stereocenters. The van der Waals surface area contributed by atoms with E-state index in [1.165, 1.54) is 10.6 Å². The van der Waals surface area contributed by atoms with Crippen LogP contribution in [0.4, 0.5) is 0 Å². The van der Waals surface area contributed by atoms with E-state index in [2.05, 4.69) is 0 Å². The number of aliphatic carboxylic acids is 1. The number of carbonyl (C=O) groups is 1.